The van der Waals surface area contributed by atoms with E-state index in [1.54, 1.807) is 12.1 Å². The van der Waals surface area contributed by atoms with Gasteiger partial charge in [-0.15, -0.1) is 0 Å². The molecule has 0 atom stereocenters. The van der Waals surface area contributed by atoms with Crippen LogP contribution in [0.25, 0.3) is 5.69 Å². The Labute approximate surface area is 123 Å². The summed E-state index contributed by atoms with van der Waals surface area (Å²) in [6.45, 7) is 4.02. The van der Waals surface area contributed by atoms with Crippen LogP contribution in [0.15, 0.2) is 18.2 Å². The monoisotopic (exact) mass is 379 g/mol. The van der Waals surface area contributed by atoms with Crippen molar-refractivity contribution in [2.24, 2.45) is 0 Å². The van der Waals surface area contributed by atoms with Crippen molar-refractivity contribution in [1.29, 1.82) is 0 Å². The van der Waals surface area contributed by atoms with Crippen LogP contribution >= 0.6 is 34.2 Å². The molecule has 0 saturated heterocycles. The molecule has 0 aliphatic rings. The van der Waals surface area contributed by atoms with Gasteiger partial charge >= 0.3 is 0 Å². The molecule has 0 amide bonds. The van der Waals surface area contributed by atoms with E-state index in [1.165, 1.54) is 10.7 Å². The summed E-state index contributed by atoms with van der Waals surface area (Å²) in [5, 5.41) is 4.65. The molecule has 2 rings (SSSR count). The highest BCUT2D eigenvalue weighted by molar-refractivity contribution is 14.1. The predicted octanol–water partition coefficient (Wildman–Crippen LogP) is 3.98. The second kappa shape index (κ2) is 5.05. The van der Waals surface area contributed by atoms with Gasteiger partial charge in [0.1, 0.15) is 17.3 Å². The first-order chi connectivity index (χ1) is 8.43. The second-order valence-corrected chi connectivity index (χ2v) is 5.71. The number of hydrogen-bond donors (Lipinski definition) is 1. The SMILES string of the molecule is CC(C)c1nn(-c2c(F)cccc2Cl)c(N)c1I. The third-order valence-corrected chi connectivity index (χ3v) is 3.99. The standard InChI is InChI=1S/C12H12ClFIN3/c1-6(2)10-9(15)12(16)18(17-10)11-7(13)4-3-5-8(11)14/h3-6H,16H2,1-2H3. The Hall–Kier alpha value is -0.820. The first-order valence-corrected chi connectivity index (χ1v) is 6.87. The summed E-state index contributed by atoms with van der Waals surface area (Å²) in [4.78, 5) is 0. The van der Waals surface area contributed by atoms with E-state index in [0.717, 1.165) is 9.26 Å². The number of para-hydroxylation sites is 1. The molecular weight excluding hydrogens is 368 g/mol. The number of anilines is 1. The molecule has 0 aliphatic heterocycles. The normalized spacial score (nSPS) is 11.2. The Balaban J connectivity index is 2.69. The fourth-order valence-electron chi connectivity index (χ4n) is 1.66. The van der Waals surface area contributed by atoms with Crippen molar-refractivity contribution in [1.82, 2.24) is 9.78 Å². The van der Waals surface area contributed by atoms with E-state index in [4.69, 9.17) is 17.3 Å². The largest absolute Gasteiger partial charge is 0.383 e. The number of nitrogen functional groups attached to an aromatic ring is 1. The van der Waals surface area contributed by atoms with Crippen molar-refractivity contribution < 1.29 is 4.39 Å². The molecule has 18 heavy (non-hydrogen) atoms. The molecule has 1 aromatic carbocycles. The van der Waals surface area contributed by atoms with Gasteiger partial charge in [0, 0.05) is 0 Å². The van der Waals surface area contributed by atoms with Gasteiger partial charge in [0.05, 0.1) is 14.3 Å². The Morgan fingerprint density at radius 3 is 2.61 bits per heavy atom. The summed E-state index contributed by atoms with van der Waals surface area (Å²) in [7, 11) is 0. The second-order valence-electron chi connectivity index (χ2n) is 4.22. The van der Waals surface area contributed by atoms with Gasteiger partial charge in [0.25, 0.3) is 0 Å². The van der Waals surface area contributed by atoms with Crippen molar-refractivity contribution in [3.05, 3.63) is 38.3 Å². The molecule has 0 bridgehead atoms. The molecule has 96 valence electrons. The number of halogens is 3. The predicted molar refractivity (Wildman–Crippen MR) is 79.8 cm³/mol. The zero-order valence-corrected chi connectivity index (χ0v) is 12.8. The molecule has 0 spiro atoms. The molecule has 0 unspecified atom stereocenters. The van der Waals surface area contributed by atoms with Crippen molar-refractivity contribution in [3.63, 3.8) is 0 Å². The van der Waals surface area contributed by atoms with Crippen molar-refractivity contribution >= 4 is 40.0 Å². The zero-order valence-electron chi connectivity index (χ0n) is 9.92. The molecular formula is C12H12ClFIN3. The number of aromatic nitrogens is 2. The van der Waals surface area contributed by atoms with Gasteiger partial charge in [-0.3, -0.25) is 0 Å². The molecule has 0 aliphatic carbocycles. The van der Waals surface area contributed by atoms with Crippen LogP contribution in [0.1, 0.15) is 25.5 Å². The third-order valence-electron chi connectivity index (χ3n) is 2.58. The van der Waals surface area contributed by atoms with Crippen molar-refractivity contribution in [2.45, 2.75) is 19.8 Å². The third kappa shape index (κ3) is 2.21. The zero-order chi connectivity index (χ0) is 13.4. The summed E-state index contributed by atoms with van der Waals surface area (Å²) in [5.41, 5.74) is 7.01. The lowest BCUT2D eigenvalue weighted by Gasteiger charge is -2.07. The highest BCUT2D eigenvalue weighted by atomic mass is 127. The summed E-state index contributed by atoms with van der Waals surface area (Å²) in [5.74, 6) is 0.181. The van der Waals surface area contributed by atoms with Crippen LogP contribution in [0.4, 0.5) is 10.2 Å². The molecule has 6 heteroatoms. The topological polar surface area (TPSA) is 43.8 Å². The lowest BCUT2D eigenvalue weighted by Crippen LogP contribution is -2.05. The van der Waals surface area contributed by atoms with Crippen LogP contribution in [-0.4, -0.2) is 9.78 Å². The van der Waals surface area contributed by atoms with Crippen molar-refractivity contribution in [2.75, 3.05) is 5.73 Å². The van der Waals surface area contributed by atoms with E-state index >= 15 is 0 Å². The lowest BCUT2D eigenvalue weighted by atomic mass is 10.1. The van der Waals surface area contributed by atoms with E-state index in [0.29, 0.717) is 5.82 Å². The Kier molecular flexibility index (Phi) is 3.82. The Morgan fingerprint density at radius 1 is 1.44 bits per heavy atom. The van der Waals surface area contributed by atoms with Gasteiger partial charge in [0.2, 0.25) is 0 Å². The average Bonchev–Trinajstić information content (AvgIpc) is 2.57. The van der Waals surface area contributed by atoms with E-state index in [9.17, 15) is 4.39 Å². The molecule has 2 aromatic rings. The van der Waals surface area contributed by atoms with Gasteiger partial charge in [-0.05, 0) is 40.6 Å². The quantitative estimate of drug-likeness (QED) is 0.802. The maximum atomic E-state index is 13.9. The highest BCUT2D eigenvalue weighted by Crippen LogP contribution is 2.31. The number of nitrogens with zero attached hydrogens (tertiary/aromatic N) is 2. The minimum atomic E-state index is -0.441. The molecule has 0 saturated carbocycles. The minimum absolute atomic E-state index is 0.196. The Bertz CT molecular complexity index is 575. The van der Waals surface area contributed by atoms with Crippen molar-refractivity contribution in [3.8, 4) is 5.69 Å². The average molecular weight is 380 g/mol. The van der Waals surface area contributed by atoms with Crippen LogP contribution in [0, 0.1) is 9.39 Å². The fraction of sp³-hybridized carbons (Fsp3) is 0.250. The van der Waals surface area contributed by atoms with Gasteiger partial charge in [-0.2, -0.15) is 5.10 Å². The van der Waals surface area contributed by atoms with E-state index in [2.05, 4.69) is 27.7 Å². The maximum Gasteiger partial charge on any atom is 0.150 e. The van der Waals surface area contributed by atoms with Gasteiger partial charge in [-0.1, -0.05) is 31.5 Å². The van der Waals surface area contributed by atoms with Gasteiger partial charge in [-0.25, -0.2) is 9.07 Å². The number of nitrogens with two attached hydrogens (primary N) is 1. The molecule has 1 aromatic heterocycles. The smallest absolute Gasteiger partial charge is 0.150 e. The first-order valence-electron chi connectivity index (χ1n) is 5.41. The van der Waals surface area contributed by atoms with Gasteiger partial charge in [0.15, 0.2) is 0 Å². The molecule has 0 fully saturated rings. The minimum Gasteiger partial charge on any atom is -0.383 e. The molecule has 3 nitrogen and oxygen atoms in total. The molecule has 2 N–H and O–H groups in total. The van der Waals surface area contributed by atoms with Crippen LogP contribution < -0.4 is 5.73 Å². The van der Waals surface area contributed by atoms with E-state index in [1.807, 2.05) is 13.8 Å². The van der Waals surface area contributed by atoms with Crippen LogP contribution in [0.3, 0.4) is 0 Å². The number of hydrogen-bond acceptors (Lipinski definition) is 2. The van der Waals surface area contributed by atoms with E-state index < -0.39 is 5.82 Å². The fourth-order valence-corrected chi connectivity index (χ4v) is 2.86. The number of rotatable bonds is 2. The van der Waals surface area contributed by atoms with Crippen LogP contribution in [0.5, 0.6) is 0 Å². The Morgan fingerprint density at radius 2 is 2.11 bits per heavy atom. The van der Waals surface area contributed by atoms with Crippen LogP contribution in [0.2, 0.25) is 5.02 Å². The summed E-state index contributed by atoms with van der Waals surface area (Å²) in [6, 6.07) is 4.50. The molecule has 0 radical (unpaired) electrons. The molecule has 1 heterocycles. The maximum absolute atomic E-state index is 13.9. The van der Waals surface area contributed by atoms with E-state index in [-0.39, 0.29) is 16.6 Å². The summed E-state index contributed by atoms with van der Waals surface area (Å²) < 4.78 is 16.1. The lowest BCUT2D eigenvalue weighted by molar-refractivity contribution is 0.609. The van der Waals surface area contributed by atoms with Crippen LogP contribution in [-0.2, 0) is 0 Å². The summed E-state index contributed by atoms with van der Waals surface area (Å²) >= 11 is 8.14. The number of benzene rings is 1. The highest BCUT2D eigenvalue weighted by Gasteiger charge is 2.20. The van der Waals surface area contributed by atoms with Gasteiger partial charge < -0.3 is 5.73 Å². The summed E-state index contributed by atoms with van der Waals surface area (Å²) in [6.07, 6.45) is 0. The first kappa shape index (κ1) is 13.6.